The van der Waals surface area contributed by atoms with Gasteiger partial charge in [-0.2, -0.15) is 0 Å². The first kappa shape index (κ1) is 24.8. The normalized spacial score (nSPS) is 17.3. The number of anilines is 1. The van der Waals surface area contributed by atoms with E-state index in [1.54, 1.807) is 42.5 Å². The first-order valence-electron chi connectivity index (χ1n) is 11.0. The summed E-state index contributed by atoms with van der Waals surface area (Å²) in [5.74, 6) is -2.36. The molecule has 1 amide bonds. The summed E-state index contributed by atoms with van der Waals surface area (Å²) in [6.45, 7) is 2.40. The highest BCUT2D eigenvalue weighted by molar-refractivity contribution is 6.51. The van der Waals surface area contributed by atoms with E-state index in [1.807, 2.05) is 6.92 Å². The van der Waals surface area contributed by atoms with Crippen molar-refractivity contribution in [1.29, 1.82) is 0 Å². The van der Waals surface area contributed by atoms with Gasteiger partial charge in [-0.05, 0) is 55.0 Å². The largest absolute Gasteiger partial charge is 0.573 e. The van der Waals surface area contributed by atoms with Gasteiger partial charge in [0.2, 0.25) is 0 Å². The summed E-state index contributed by atoms with van der Waals surface area (Å²) in [5, 5.41) is 11.2. The lowest BCUT2D eigenvalue weighted by molar-refractivity contribution is -0.274. The molecule has 3 aromatic rings. The van der Waals surface area contributed by atoms with Crippen LogP contribution in [0.3, 0.4) is 0 Å². The molecule has 36 heavy (non-hydrogen) atoms. The van der Waals surface area contributed by atoms with Crippen LogP contribution in [0.5, 0.6) is 11.5 Å². The Balaban J connectivity index is 1.80. The number of benzene rings is 2. The van der Waals surface area contributed by atoms with Crippen LogP contribution in [0.1, 0.15) is 30.6 Å². The number of hydrogen-bond donors (Lipinski definition) is 1. The number of halogens is 3. The topological polar surface area (TPSA) is 89.0 Å². The van der Waals surface area contributed by atoms with Crippen LogP contribution in [0.2, 0.25) is 0 Å². The number of aliphatic hydroxyl groups excluding tert-OH is 1. The molecule has 0 aliphatic carbocycles. The van der Waals surface area contributed by atoms with Crippen LogP contribution >= 0.6 is 0 Å². The Bertz CT molecular complexity index is 1290. The predicted molar refractivity (Wildman–Crippen MR) is 124 cm³/mol. The third-order valence-electron chi connectivity index (χ3n) is 5.34. The number of ether oxygens (including phenoxy) is 2. The van der Waals surface area contributed by atoms with Gasteiger partial charge in [0.05, 0.1) is 17.9 Å². The third kappa shape index (κ3) is 5.17. The molecule has 0 saturated carbocycles. The first-order chi connectivity index (χ1) is 17.2. The van der Waals surface area contributed by atoms with Crippen molar-refractivity contribution in [3.8, 4) is 11.5 Å². The Labute approximate surface area is 204 Å². The number of carbonyl (C=O) groups excluding carboxylic acids is 2. The number of amides is 1. The Morgan fingerprint density at radius 2 is 1.78 bits per heavy atom. The molecule has 1 N–H and O–H groups in total. The Morgan fingerprint density at radius 1 is 1.03 bits per heavy atom. The lowest BCUT2D eigenvalue weighted by Crippen LogP contribution is -2.29. The second-order valence-corrected chi connectivity index (χ2v) is 7.84. The Kier molecular flexibility index (Phi) is 6.96. The number of ketones is 1. The van der Waals surface area contributed by atoms with E-state index in [1.165, 1.54) is 18.3 Å². The summed E-state index contributed by atoms with van der Waals surface area (Å²) in [5.41, 5.74) is 0.465. The van der Waals surface area contributed by atoms with Crippen molar-refractivity contribution in [2.45, 2.75) is 25.7 Å². The van der Waals surface area contributed by atoms with Crippen molar-refractivity contribution < 1.29 is 37.3 Å². The molecule has 0 spiro atoms. The molecule has 1 unspecified atom stereocenters. The fourth-order valence-electron chi connectivity index (χ4n) is 3.83. The fourth-order valence-corrected chi connectivity index (χ4v) is 3.83. The fraction of sp³-hybridized carbons (Fsp3) is 0.192. The van der Waals surface area contributed by atoms with Crippen molar-refractivity contribution in [2.24, 2.45) is 0 Å². The van der Waals surface area contributed by atoms with Crippen molar-refractivity contribution in [3.05, 3.63) is 89.8 Å². The summed E-state index contributed by atoms with van der Waals surface area (Å²) < 4.78 is 47.2. The lowest BCUT2D eigenvalue weighted by atomic mass is 9.98. The van der Waals surface area contributed by atoms with Gasteiger partial charge in [0.15, 0.2) is 0 Å². The van der Waals surface area contributed by atoms with E-state index in [0.29, 0.717) is 12.4 Å². The van der Waals surface area contributed by atoms with Crippen LogP contribution in [0.15, 0.2) is 78.5 Å². The molecule has 1 aromatic heterocycles. The van der Waals surface area contributed by atoms with Gasteiger partial charge in [0.1, 0.15) is 23.3 Å². The second kappa shape index (κ2) is 10.1. The number of pyridine rings is 1. The molecular formula is C26H21F3N2O5. The zero-order chi connectivity index (χ0) is 25.9. The minimum absolute atomic E-state index is 0.126. The van der Waals surface area contributed by atoms with Gasteiger partial charge in [0.25, 0.3) is 11.7 Å². The number of nitrogens with zero attached hydrogens (tertiary/aromatic N) is 2. The first-order valence-corrected chi connectivity index (χ1v) is 11.0. The summed E-state index contributed by atoms with van der Waals surface area (Å²) in [4.78, 5) is 31.6. The van der Waals surface area contributed by atoms with E-state index in [0.717, 1.165) is 23.5 Å². The maximum absolute atomic E-state index is 13.2. The van der Waals surface area contributed by atoms with E-state index < -0.39 is 35.6 Å². The third-order valence-corrected chi connectivity index (χ3v) is 5.34. The Hall–Kier alpha value is -4.34. The van der Waals surface area contributed by atoms with Gasteiger partial charge in [-0.25, -0.2) is 0 Å². The number of rotatable bonds is 7. The quantitative estimate of drug-likeness (QED) is 0.267. The van der Waals surface area contributed by atoms with Crippen molar-refractivity contribution >= 4 is 23.1 Å². The molecule has 186 valence electrons. The van der Waals surface area contributed by atoms with Crippen LogP contribution in [0.4, 0.5) is 18.9 Å². The zero-order valence-electron chi connectivity index (χ0n) is 19.0. The van der Waals surface area contributed by atoms with E-state index in [9.17, 15) is 27.9 Å². The van der Waals surface area contributed by atoms with Crippen LogP contribution in [-0.4, -0.2) is 34.8 Å². The van der Waals surface area contributed by atoms with Gasteiger partial charge in [-0.15, -0.1) is 13.2 Å². The molecule has 1 fully saturated rings. The number of carbonyl (C=O) groups is 2. The average Bonchev–Trinajstić information content (AvgIpc) is 3.13. The van der Waals surface area contributed by atoms with E-state index in [-0.39, 0.29) is 22.5 Å². The van der Waals surface area contributed by atoms with Gasteiger partial charge >= 0.3 is 6.36 Å². The highest BCUT2D eigenvalue weighted by Crippen LogP contribution is 2.42. The van der Waals surface area contributed by atoms with Crippen LogP contribution in [-0.2, 0) is 9.59 Å². The van der Waals surface area contributed by atoms with Crippen molar-refractivity contribution in [2.75, 3.05) is 11.5 Å². The lowest BCUT2D eigenvalue weighted by Gasteiger charge is -2.24. The zero-order valence-corrected chi connectivity index (χ0v) is 19.0. The molecule has 0 bridgehead atoms. The van der Waals surface area contributed by atoms with E-state index >= 15 is 0 Å². The number of aromatic nitrogens is 1. The number of Topliss-reactive ketones (excluding diaryl/α,β-unsaturated/α-hetero) is 1. The number of alkyl halides is 3. The number of aliphatic hydroxyl groups is 1. The monoisotopic (exact) mass is 498 g/mol. The molecular weight excluding hydrogens is 477 g/mol. The van der Waals surface area contributed by atoms with E-state index in [2.05, 4.69) is 9.72 Å². The minimum Gasteiger partial charge on any atom is -0.507 e. The highest BCUT2D eigenvalue weighted by Gasteiger charge is 2.47. The molecule has 2 heterocycles. The van der Waals surface area contributed by atoms with Crippen molar-refractivity contribution in [1.82, 2.24) is 4.98 Å². The molecule has 1 saturated heterocycles. The minimum atomic E-state index is -4.88. The maximum atomic E-state index is 13.2. The van der Waals surface area contributed by atoms with Crippen LogP contribution < -0.4 is 14.4 Å². The van der Waals surface area contributed by atoms with E-state index in [4.69, 9.17) is 4.74 Å². The molecule has 1 aliphatic rings. The molecule has 1 aliphatic heterocycles. The van der Waals surface area contributed by atoms with Crippen LogP contribution in [0.25, 0.3) is 5.76 Å². The van der Waals surface area contributed by atoms with Crippen LogP contribution in [0, 0.1) is 0 Å². The maximum Gasteiger partial charge on any atom is 0.573 e. The molecule has 2 aromatic carbocycles. The molecule has 10 heteroatoms. The van der Waals surface area contributed by atoms with Gasteiger partial charge < -0.3 is 14.6 Å². The van der Waals surface area contributed by atoms with Crippen molar-refractivity contribution in [3.63, 3.8) is 0 Å². The summed E-state index contributed by atoms with van der Waals surface area (Å²) in [6, 6.07) is 14.7. The Morgan fingerprint density at radius 3 is 2.42 bits per heavy atom. The second-order valence-electron chi connectivity index (χ2n) is 7.84. The average molecular weight is 498 g/mol. The molecule has 4 rings (SSSR count). The highest BCUT2D eigenvalue weighted by atomic mass is 19.4. The molecule has 1 atom stereocenters. The predicted octanol–water partition coefficient (Wildman–Crippen LogP) is 5.40. The van der Waals surface area contributed by atoms with Gasteiger partial charge in [-0.1, -0.05) is 25.1 Å². The summed E-state index contributed by atoms with van der Waals surface area (Å²) in [6.07, 6.45) is -2.64. The van der Waals surface area contributed by atoms with Gasteiger partial charge in [0, 0.05) is 17.4 Å². The number of hydrogen-bond acceptors (Lipinski definition) is 6. The SMILES string of the molecule is CCCOc1cccc(/C(O)=C2/C(=O)C(=O)N(c3ccc(OC(F)(F)F)cc3)C2c2ccccn2)c1. The standard InChI is InChI=1S/C26H21F3N2O5/c1-2-14-35-19-7-5-6-16(15-19)23(32)21-22(20-8-3-4-13-30-20)31(25(34)24(21)33)17-9-11-18(12-10-17)36-26(27,28)29/h3-13,15,22,32H,2,14H2,1H3/b23-21-. The molecule has 0 radical (unpaired) electrons. The summed E-state index contributed by atoms with van der Waals surface area (Å²) in [7, 11) is 0. The smallest absolute Gasteiger partial charge is 0.507 e. The van der Waals surface area contributed by atoms with Gasteiger partial charge in [-0.3, -0.25) is 19.5 Å². The molecule has 7 nitrogen and oxygen atoms in total. The summed E-state index contributed by atoms with van der Waals surface area (Å²) >= 11 is 0.